The Morgan fingerprint density at radius 3 is 2.41 bits per heavy atom. The number of aryl methyl sites for hydroxylation is 1. The van der Waals surface area contributed by atoms with E-state index in [4.69, 9.17) is 9.47 Å². The number of rotatable bonds is 9. The van der Waals surface area contributed by atoms with Crippen molar-refractivity contribution >= 4 is 15.9 Å². The smallest absolute Gasteiger partial charge is 0.223 e. The monoisotopic (exact) mass is 460 g/mol. The summed E-state index contributed by atoms with van der Waals surface area (Å²) in [4.78, 5) is 12.6. The molecule has 0 unspecified atom stereocenters. The van der Waals surface area contributed by atoms with E-state index in [0.717, 1.165) is 16.9 Å². The van der Waals surface area contributed by atoms with Crippen LogP contribution in [0.3, 0.4) is 0 Å². The third-order valence-corrected chi connectivity index (χ3v) is 7.45. The molecule has 1 aliphatic heterocycles. The normalized spacial score (nSPS) is 16.3. The number of nitrogens with one attached hydrogen (secondary N) is 1. The molecule has 1 amide bonds. The molecule has 7 nitrogen and oxygen atoms in total. The van der Waals surface area contributed by atoms with Crippen LogP contribution in [-0.4, -0.2) is 51.5 Å². The molecule has 1 heterocycles. The highest BCUT2D eigenvalue weighted by Crippen LogP contribution is 2.22. The molecule has 1 aliphatic rings. The summed E-state index contributed by atoms with van der Waals surface area (Å²) < 4.78 is 37.9. The van der Waals surface area contributed by atoms with Crippen LogP contribution in [0.4, 0.5) is 0 Å². The molecule has 3 rings (SSSR count). The topological polar surface area (TPSA) is 84.9 Å². The molecule has 0 bridgehead atoms. The molecule has 174 valence electrons. The summed E-state index contributed by atoms with van der Waals surface area (Å²) >= 11 is 0. The van der Waals surface area contributed by atoms with Gasteiger partial charge in [0.05, 0.1) is 18.9 Å². The van der Waals surface area contributed by atoms with Crippen molar-refractivity contribution in [3.8, 4) is 11.5 Å². The molecule has 0 aromatic heterocycles. The van der Waals surface area contributed by atoms with Crippen LogP contribution >= 0.6 is 0 Å². The first-order chi connectivity index (χ1) is 15.3. The SMILES string of the molecule is COc1ccc(OC[C@@H](C)NC(=O)C2CCN(S(=O)(=O)Cc3cccc(C)c3)CC2)cc1. The summed E-state index contributed by atoms with van der Waals surface area (Å²) in [6.45, 7) is 4.92. The number of benzene rings is 2. The van der Waals surface area contributed by atoms with E-state index in [1.165, 1.54) is 4.31 Å². The summed E-state index contributed by atoms with van der Waals surface area (Å²) in [7, 11) is -1.79. The fourth-order valence-electron chi connectivity index (χ4n) is 3.80. The number of hydrogen-bond acceptors (Lipinski definition) is 5. The Labute approximate surface area is 190 Å². The van der Waals surface area contributed by atoms with E-state index in [1.54, 1.807) is 7.11 Å². The van der Waals surface area contributed by atoms with Gasteiger partial charge in [-0.25, -0.2) is 12.7 Å². The number of amides is 1. The fourth-order valence-corrected chi connectivity index (χ4v) is 5.35. The molecule has 32 heavy (non-hydrogen) atoms. The van der Waals surface area contributed by atoms with E-state index in [0.29, 0.717) is 38.3 Å². The summed E-state index contributed by atoms with van der Waals surface area (Å²) in [5.74, 6) is 1.21. The van der Waals surface area contributed by atoms with Crippen LogP contribution in [0.15, 0.2) is 48.5 Å². The van der Waals surface area contributed by atoms with Crippen LogP contribution in [0, 0.1) is 12.8 Å². The van der Waals surface area contributed by atoms with Gasteiger partial charge in [-0.1, -0.05) is 29.8 Å². The van der Waals surface area contributed by atoms with E-state index in [-0.39, 0.29) is 23.6 Å². The molecule has 1 saturated heterocycles. The Balaban J connectivity index is 1.44. The second-order valence-corrected chi connectivity index (χ2v) is 10.3. The number of piperidine rings is 1. The van der Waals surface area contributed by atoms with E-state index in [2.05, 4.69) is 5.32 Å². The molecule has 0 saturated carbocycles. The predicted octanol–water partition coefficient (Wildman–Crippen LogP) is 3.13. The molecule has 1 N–H and O–H groups in total. The van der Waals surface area contributed by atoms with Crippen molar-refractivity contribution in [3.05, 3.63) is 59.7 Å². The largest absolute Gasteiger partial charge is 0.497 e. The minimum Gasteiger partial charge on any atom is -0.497 e. The first-order valence-electron chi connectivity index (χ1n) is 10.9. The Hall–Kier alpha value is -2.58. The van der Waals surface area contributed by atoms with E-state index in [9.17, 15) is 13.2 Å². The Morgan fingerprint density at radius 1 is 1.12 bits per heavy atom. The second kappa shape index (κ2) is 10.8. The van der Waals surface area contributed by atoms with Gasteiger partial charge in [-0.05, 0) is 56.5 Å². The number of hydrogen-bond donors (Lipinski definition) is 1. The molecular weight excluding hydrogens is 428 g/mol. The average Bonchev–Trinajstić information content (AvgIpc) is 2.78. The highest BCUT2D eigenvalue weighted by molar-refractivity contribution is 7.88. The highest BCUT2D eigenvalue weighted by atomic mass is 32.2. The maximum atomic E-state index is 12.8. The quantitative estimate of drug-likeness (QED) is 0.622. The van der Waals surface area contributed by atoms with Gasteiger partial charge >= 0.3 is 0 Å². The summed E-state index contributed by atoms with van der Waals surface area (Å²) in [6, 6.07) is 14.7. The van der Waals surface area contributed by atoms with Crippen LogP contribution in [0.2, 0.25) is 0 Å². The lowest BCUT2D eigenvalue weighted by Gasteiger charge is -2.31. The van der Waals surface area contributed by atoms with E-state index >= 15 is 0 Å². The lowest BCUT2D eigenvalue weighted by molar-refractivity contribution is -0.126. The van der Waals surface area contributed by atoms with Gasteiger partial charge in [0, 0.05) is 19.0 Å². The van der Waals surface area contributed by atoms with Crippen LogP contribution in [0.25, 0.3) is 0 Å². The lowest BCUT2D eigenvalue weighted by atomic mass is 9.97. The zero-order valence-electron chi connectivity index (χ0n) is 18.9. The number of carbonyl (C=O) groups excluding carboxylic acids is 1. The average molecular weight is 461 g/mol. The molecular formula is C24H32N2O5S. The minimum atomic E-state index is -3.40. The molecule has 8 heteroatoms. The van der Waals surface area contributed by atoms with Gasteiger partial charge in [0.2, 0.25) is 15.9 Å². The molecule has 2 aromatic rings. The Bertz CT molecular complexity index is 999. The number of nitrogens with zero attached hydrogens (tertiary/aromatic N) is 1. The lowest BCUT2D eigenvalue weighted by Crippen LogP contribution is -2.46. The maximum absolute atomic E-state index is 12.8. The van der Waals surface area contributed by atoms with Crippen molar-refractivity contribution in [1.29, 1.82) is 0 Å². The zero-order valence-corrected chi connectivity index (χ0v) is 19.7. The molecule has 2 aromatic carbocycles. The van der Waals surface area contributed by atoms with Crippen molar-refractivity contribution < 1.29 is 22.7 Å². The molecule has 0 spiro atoms. The first kappa shape index (κ1) is 24.1. The summed E-state index contributed by atoms with van der Waals surface area (Å²) in [5.41, 5.74) is 1.83. The summed E-state index contributed by atoms with van der Waals surface area (Å²) in [5, 5.41) is 2.99. The van der Waals surface area contributed by atoms with Crippen molar-refractivity contribution in [1.82, 2.24) is 9.62 Å². The third-order valence-electron chi connectivity index (χ3n) is 5.60. The second-order valence-electron chi connectivity index (χ2n) is 8.31. The Kier molecular flexibility index (Phi) is 8.15. The van der Waals surface area contributed by atoms with Gasteiger partial charge in [-0.2, -0.15) is 0 Å². The third kappa shape index (κ3) is 6.71. The van der Waals surface area contributed by atoms with E-state index in [1.807, 2.05) is 62.4 Å². The number of methoxy groups -OCH3 is 1. The molecule has 0 aliphatic carbocycles. The van der Waals surface area contributed by atoms with Crippen LogP contribution in [-0.2, 0) is 20.6 Å². The van der Waals surface area contributed by atoms with Gasteiger partial charge in [-0.3, -0.25) is 4.79 Å². The first-order valence-corrected chi connectivity index (χ1v) is 12.5. The molecule has 0 radical (unpaired) electrons. The van der Waals surface area contributed by atoms with Crippen molar-refractivity contribution in [3.63, 3.8) is 0 Å². The fraction of sp³-hybridized carbons (Fsp3) is 0.458. The number of carbonyl (C=O) groups is 1. The molecule has 1 atom stereocenters. The summed E-state index contributed by atoms with van der Waals surface area (Å²) in [6.07, 6.45) is 1.04. The van der Waals surface area contributed by atoms with Crippen LogP contribution in [0.5, 0.6) is 11.5 Å². The zero-order chi connectivity index (χ0) is 23.1. The predicted molar refractivity (Wildman–Crippen MR) is 124 cm³/mol. The van der Waals surface area contributed by atoms with E-state index < -0.39 is 10.0 Å². The molecule has 1 fully saturated rings. The highest BCUT2D eigenvalue weighted by Gasteiger charge is 2.31. The van der Waals surface area contributed by atoms with Crippen molar-refractivity contribution in [2.24, 2.45) is 5.92 Å². The van der Waals surface area contributed by atoms with Crippen LogP contribution in [0.1, 0.15) is 30.9 Å². The van der Waals surface area contributed by atoms with Crippen LogP contribution < -0.4 is 14.8 Å². The van der Waals surface area contributed by atoms with Crippen molar-refractivity contribution in [2.45, 2.75) is 38.5 Å². The number of ether oxygens (including phenoxy) is 2. The van der Waals surface area contributed by atoms with Gasteiger partial charge in [0.25, 0.3) is 0 Å². The van der Waals surface area contributed by atoms with Gasteiger partial charge < -0.3 is 14.8 Å². The number of sulfonamides is 1. The van der Waals surface area contributed by atoms with Crippen molar-refractivity contribution in [2.75, 3.05) is 26.8 Å². The Morgan fingerprint density at radius 2 is 1.78 bits per heavy atom. The van der Waals surface area contributed by atoms with Gasteiger partial charge in [-0.15, -0.1) is 0 Å². The maximum Gasteiger partial charge on any atom is 0.223 e. The standard InChI is InChI=1S/C24H32N2O5S/c1-18-5-4-6-20(15-18)17-32(28,29)26-13-11-21(12-14-26)24(27)25-19(2)16-31-23-9-7-22(30-3)8-10-23/h4-10,15,19,21H,11-14,16-17H2,1-3H3,(H,25,27)/t19-/m1/s1. The van der Waals surface area contributed by atoms with Gasteiger partial charge in [0.15, 0.2) is 0 Å². The minimum absolute atomic E-state index is 0.00865. The van der Waals surface area contributed by atoms with Gasteiger partial charge in [0.1, 0.15) is 18.1 Å².